The topological polar surface area (TPSA) is 114 Å². The van der Waals surface area contributed by atoms with E-state index < -0.39 is 10.9 Å². The van der Waals surface area contributed by atoms with Gasteiger partial charge >= 0.3 is 0 Å². The van der Waals surface area contributed by atoms with E-state index in [2.05, 4.69) is 19.8 Å². The van der Waals surface area contributed by atoms with Gasteiger partial charge in [-0.05, 0) is 30.9 Å². The van der Waals surface area contributed by atoms with Crippen LogP contribution in [-0.4, -0.2) is 52.5 Å². The first-order chi connectivity index (χ1) is 12.5. The second kappa shape index (κ2) is 9.25. The zero-order valence-corrected chi connectivity index (χ0v) is 16.8. The molecule has 3 rings (SSSR count). The predicted octanol–water partition coefficient (Wildman–Crippen LogP) is 0.694. The number of H-pyrrole nitrogens is 1. The van der Waals surface area contributed by atoms with E-state index in [4.69, 9.17) is 9.47 Å². The standard InChI is InChI=1S/C16H22N4O5S.ClH/c1-24-13-7-11-12(8-14(13)25-2)16(21)19-18-15(11)20-5-3-10(4-6-20)9-17-26(22)23;/h7-8,10,26H,3-6,9H2,1-2H3,(H,19,21)(H,17,22,23);1H. The molecule has 0 saturated carbocycles. The van der Waals surface area contributed by atoms with Crippen molar-refractivity contribution < 1.29 is 17.9 Å². The fraction of sp³-hybridized carbons (Fsp3) is 0.500. The lowest BCUT2D eigenvalue weighted by Crippen LogP contribution is -2.38. The van der Waals surface area contributed by atoms with Crippen molar-refractivity contribution in [3.05, 3.63) is 22.5 Å². The Labute approximate surface area is 164 Å². The number of methoxy groups -OCH3 is 2. The van der Waals surface area contributed by atoms with E-state index in [0.717, 1.165) is 25.9 Å². The lowest BCUT2D eigenvalue weighted by atomic mass is 9.97. The van der Waals surface area contributed by atoms with Crippen LogP contribution in [0.15, 0.2) is 16.9 Å². The molecule has 0 unspecified atom stereocenters. The molecule has 0 amide bonds. The maximum Gasteiger partial charge on any atom is 0.272 e. The van der Waals surface area contributed by atoms with Gasteiger partial charge in [0.1, 0.15) is 0 Å². The minimum atomic E-state index is -2.56. The Morgan fingerprint density at radius 3 is 2.33 bits per heavy atom. The Morgan fingerprint density at radius 1 is 1.19 bits per heavy atom. The Bertz CT molecular complexity index is 917. The van der Waals surface area contributed by atoms with Gasteiger partial charge in [-0.25, -0.2) is 18.2 Å². The number of benzene rings is 1. The number of halogens is 1. The summed E-state index contributed by atoms with van der Waals surface area (Å²) >= 11 is 0. The van der Waals surface area contributed by atoms with Gasteiger partial charge in [-0.3, -0.25) is 4.79 Å². The molecule has 1 saturated heterocycles. The van der Waals surface area contributed by atoms with Crippen molar-refractivity contribution in [2.75, 3.05) is 38.8 Å². The molecule has 1 aromatic carbocycles. The van der Waals surface area contributed by atoms with Crippen LogP contribution in [0.2, 0.25) is 0 Å². The molecular weight excluding hydrogens is 396 g/mol. The predicted molar refractivity (Wildman–Crippen MR) is 106 cm³/mol. The Hall–Kier alpha value is -2.04. The van der Waals surface area contributed by atoms with Crippen molar-refractivity contribution in [3.8, 4) is 11.5 Å². The van der Waals surface area contributed by atoms with Crippen molar-refractivity contribution >= 4 is 39.9 Å². The summed E-state index contributed by atoms with van der Waals surface area (Å²) in [6.07, 6.45) is 1.68. The monoisotopic (exact) mass is 418 g/mol. The summed E-state index contributed by atoms with van der Waals surface area (Å²) < 4.78 is 34.4. The van der Waals surface area contributed by atoms with Crippen molar-refractivity contribution in [1.82, 2.24) is 14.9 Å². The fourth-order valence-corrected chi connectivity index (χ4v) is 3.68. The normalized spacial score (nSPS) is 15.0. The zero-order valence-electron chi connectivity index (χ0n) is 15.1. The molecule has 1 fully saturated rings. The van der Waals surface area contributed by atoms with E-state index in [1.807, 2.05) is 0 Å². The molecule has 0 bridgehead atoms. The number of nitrogens with zero attached hydrogens (tertiary/aromatic N) is 2. The quantitative estimate of drug-likeness (QED) is 0.591. The summed E-state index contributed by atoms with van der Waals surface area (Å²) in [6, 6.07) is 3.42. The first-order valence-corrected chi connectivity index (χ1v) is 9.48. The molecule has 27 heavy (non-hydrogen) atoms. The minimum absolute atomic E-state index is 0. The van der Waals surface area contributed by atoms with Gasteiger partial charge < -0.3 is 14.4 Å². The molecule has 1 aromatic heterocycles. The SMILES string of the molecule is COc1cc2c(N3CCC(CN[SH](=O)=O)CC3)n[nH]c(=O)c2cc1OC.Cl. The summed E-state index contributed by atoms with van der Waals surface area (Å²) in [5.74, 6) is 2.00. The third-order valence-electron chi connectivity index (χ3n) is 4.70. The van der Waals surface area contributed by atoms with E-state index in [9.17, 15) is 13.2 Å². The average Bonchev–Trinajstić information content (AvgIpc) is 2.66. The van der Waals surface area contributed by atoms with Crippen LogP contribution in [0.1, 0.15) is 12.8 Å². The fourth-order valence-electron chi connectivity index (χ4n) is 3.27. The van der Waals surface area contributed by atoms with Crippen LogP contribution < -0.4 is 24.7 Å². The van der Waals surface area contributed by atoms with Gasteiger partial charge in [0.2, 0.25) is 10.9 Å². The van der Waals surface area contributed by atoms with Crippen LogP contribution in [0.5, 0.6) is 11.5 Å². The van der Waals surface area contributed by atoms with Gasteiger partial charge in [-0.1, -0.05) is 0 Å². The number of hydrogen-bond acceptors (Lipinski definition) is 7. The number of aromatic nitrogens is 2. The number of aromatic amines is 1. The number of nitrogens with one attached hydrogen (secondary N) is 2. The smallest absolute Gasteiger partial charge is 0.272 e. The molecule has 9 nitrogen and oxygen atoms in total. The maximum atomic E-state index is 12.2. The highest BCUT2D eigenvalue weighted by Gasteiger charge is 2.23. The molecule has 2 N–H and O–H groups in total. The second-order valence-corrected chi connectivity index (χ2v) is 7.01. The number of rotatable bonds is 6. The van der Waals surface area contributed by atoms with E-state index >= 15 is 0 Å². The largest absolute Gasteiger partial charge is 0.493 e. The Morgan fingerprint density at radius 2 is 1.78 bits per heavy atom. The number of anilines is 1. The van der Waals surface area contributed by atoms with Gasteiger partial charge in [0.25, 0.3) is 5.56 Å². The lowest BCUT2D eigenvalue weighted by Gasteiger charge is -2.33. The van der Waals surface area contributed by atoms with Crippen molar-refractivity contribution in [2.45, 2.75) is 12.8 Å². The van der Waals surface area contributed by atoms with Gasteiger partial charge in [-0.2, -0.15) is 5.10 Å². The van der Waals surface area contributed by atoms with Crippen LogP contribution in [0, 0.1) is 5.92 Å². The van der Waals surface area contributed by atoms with Gasteiger partial charge in [0, 0.05) is 25.0 Å². The molecule has 0 atom stereocenters. The molecule has 2 aromatic rings. The van der Waals surface area contributed by atoms with Crippen LogP contribution in [0.25, 0.3) is 10.8 Å². The number of thiol groups is 1. The molecule has 1 aliphatic heterocycles. The van der Waals surface area contributed by atoms with E-state index in [-0.39, 0.29) is 18.0 Å². The van der Waals surface area contributed by atoms with Crippen LogP contribution >= 0.6 is 12.4 Å². The van der Waals surface area contributed by atoms with Crippen LogP contribution in [-0.2, 0) is 10.9 Å². The highest BCUT2D eigenvalue weighted by molar-refractivity contribution is 7.70. The maximum absolute atomic E-state index is 12.2. The molecule has 2 heterocycles. The molecule has 150 valence electrons. The lowest BCUT2D eigenvalue weighted by molar-refractivity contribution is 0.356. The van der Waals surface area contributed by atoms with Gasteiger partial charge in [-0.15, -0.1) is 12.4 Å². The summed E-state index contributed by atoms with van der Waals surface area (Å²) in [4.78, 5) is 14.3. The number of ether oxygens (including phenoxy) is 2. The summed E-state index contributed by atoms with van der Waals surface area (Å²) in [6.45, 7) is 1.91. The Kier molecular flexibility index (Phi) is 7.28. The second-order valence-electron chi connectivity index (χ2n) is 6.18. The summed E-state index contributed by atoms with van der Waals surface area (Å²) in [5, 5.41) is 7.97. The summed E-state index contributed by atoms with van der Waals surface area (Å²) in [7, 11) is 0.508. The third-order valence-corrected chi connectivity index (χ3v) is 5.14. The van der Waals surface area contributed by atoms with E-state index in [0.29, 0.717) is 40.6 Å². The number of piperidine rings is 1. The number of hydrogen-bond donors (Lipinski definition) is 3. The van der Waals surface area contributed by atoms with Gasteiger partial charge in [0.05, 0.1) is 19.6 Å². The molecule has 0 spiro atoms. The molecule has 1 aliphatic rings. The molecular formula is C16H23ClN4O5S. The number of fused-ring (bicyclic) bond motifs is 1. The van der Waals surface area contributed by atoms with E-state index in [1.54, 1.807) is 19.2 Å². The summed E-state index contributed by atoms with van der Waals surface area (Å²) in [5.41, 5.74) is -0.289. The Balaban J connectivity index is 0.00000261. The first kappa shape index (κ1) is 21.3. The van der Waals surface area contributed by atoms with Crippen molar-refractivity contribution in [1.29, 1.82) is 0 Å². The third kappa shape index (κ3) is 4.63. The minimum Gasteiger partial charge on any atom is -0.493 e. The first-order valence-electron chi connectivity index (χ1n) is 8.30. The molecule has 0 aliphatic carbocycles. The van der Waals surface area contributed by atoms with Crippen molar-refractivity contribution in [3.63, 3.8) is 0 Å². The average molecular weight is 419 g/mol. The van der Waals surface area contributed by atoms with Crippen LogP contribution in [0.4, 0.5) is 5.82 Å². The highest BCUT2D eigenvalue weighted by Crippen LogP contribution is 2.35. The van der Waals surface area contributed by atoms with E-state index in [1.165, 1.54) is 7.11 Å². The molecule has 11 heteroatoms. The highest BCUT2D eigenvalue weighted by atomic mass is 35.5. The van der Waals surface area contributed by atoms with Crippen molar-refractivity contribution in [2.24, 2.45) is 5.92 Å². The van der Waals surface area contributed by atoms with Gasteiger partial charge in [0.15, 0.2) is 17.3 Å². The zero-order chi connectivity index (χ0) is 18.7. The van der Waals surface area contributed by atoms with Crippen LogP contribution in [0.3, 0.4) is 0 Å². The molecule has 0 radical (unpaired) electrons.